The summed E-state index contributed by atoms with van der Waals surface area (Å²) in [6.07, 6.45) is 1.46. The summed E-state index contributed by atoms with van der Waals surface area (Å²) >= 11 is 0. The Bertz CT molecular complexity index is 748. The van der Waals surface area contributed by atoms with Gasteiger partial charge in [0, 0.05) is 36.3 Å². The summed E-state index contributed by atoms with van der Waals surface area (Å²) in [5.74, 6) is -0.0246. The number of amidine groups is 1. The normalized spacial score (nSPS) is 14.5. The summed E-state index contributed by atoms with van der Waals surface area (Å²) in [6.45, 7) is 3.22. The molecular formula is C16H19N5O2. The Morgan fingerprint density at radius 1 is 1.22 bits per heavy atom. The van der Waals surface area contributed by atoms with Gasteiger partial charge in [-0.1, -0.05) is 0 Å². The quantitative estimate of drug-likeness (QED) is 0.503. The van der Waals surface area contributed by atoms with Crippen molar-refractivity contribution in [3.63, 3.8) is 0 Å². The molecule has 23 heavy (non-hydrogen) atoms. The first kappa shape index (κ1) is 15.1. The third-order valence-electron chi connectivity index (χ3n) is 3.76. The van der Waals surface area contributed by atoms with E-state index in [1.165, 1.54) is 6.20 Å². The fraction of sp³-hybridized carbons (Fsp3) is 0.250. The average Bonchev–Trinajstić information content (AvgIpc) is 2.56. The molecule has 0 atom stereocenters. The van der Waals surface area contributed by atoms with E-state index in [9.17, 15) is 4.79 Å². The Kier molecular flexibility index (Phi) is 4.29. The maximum Gasteiger partial charge on any atom is 0.261 e. The van der Waals surface area contributed by atoms with Crippen molar-refractivity contribution in [1.29, 1.82) is 5.41 Å². The maximum absolute atomic E-state index is 11.8. The highest BCUT2D eigenvalue weighted by molar-refractivity contribution is 6.09. The van der Waals surface area contributed by atoms with Crippen LogP contribution < -0.4 is 21.5 Å². The van der Waals surface area contributed by atoms with Crippen LogP contribution in [0.15, 0.2) is 41.3 Å². The predicted octanol–water partition coefficient (Wildman–Crippen LogP) is 1.23. The molecule has 2 heterocycles. The molecule has 1 aliphatic heterocycles. The molecule has 3 rings (SSSR count). The van der Waals surface area contributed by atoms with E-state index in [0.29, 0.717) is 0 Å². The van der Waals surface area contributed by atoms with Gasteiger partial charge in [0.1, 0.15) is 11.4 Å². The number of rotatable bonds is 3. The molecule has 1 aliphatic rings. The molecule has 0 spiro atoms. The molecule has 2 aromatic rings. The van der Waals surface area contributed by atoms with Crippen molar-refractivity contribution in [3.05, 3.63) is 52.4 Å². The third-order valence-corrected chi connectivity index (χ3v) is 3.76. The van der Waals surface area contributed by atoms with E-state index >= 15 is 0 Å². The molecule has 1 saturated heterocycles. The van der Waals surface area contributed by atoms with Crippen LogP contribution >= 0.6 is 0 Å². The molecule has 5 N–H and O–H groups in total. The number of anilines is 3. The van der Waals surface area contributed by atoms with Crippen molar-refractivity contribution in [2.75, 3.05) is 42.3 Å². The van der Waals surface area contributed by atoms with Crippen LogP contribution in [0.25, 0.3) is 0 Å². The molecular weight excluding hydrogens is 294 g/mol. The van der Waals surface area contributed by atoms with Crippen LogP contribution in [0, 0.1) is 5.41 Å². The molecule has 0 saturated carbocycles. The lowest BCUT2D eigenvalue weighted by atomic mass is 10.2. The zero-order chi connectivity index (χ0) is 16.2. The number of nitrogen functional groups attached to an aromatic ring is 1. The number of benzene rings is 1. The molecule has 120 valence electrons. The Morgan fingerprint density at radius 3 is 2.57 bits per heavy atom. The maximum atomic E-state index is 11.8. The summed E-state index contributed by atoms with van der Waals surface area (Å²) in [6, 6.07) is 9.30. The van der Waals surface area contributed by atoms with E-state index < -0.39 is 0 Å². The number of H-pyrrole nitrogens is 1. The van der Waals surface area contributed by atoms with Gasteiger partial charge in [-0.25, -0.2) is 0 Å². The number of ether oxygens (including phenoxy) is 1. The zero-order valence-corrected chi connectivity index (χ0v) is 12.6. The van der Waals surface area contributed by atoms with Gasteiger partial charge in [-0.05, 0) is 30.3 Å². The number of nitrogens with zero attached hydrogens (tertiary/aromatic N) is 1. The Labute approximate surface area is 133 Å². The predicted molar refractivity (Wildman–Crippen MR) is 91.4 cm³/mol. The van der Waals surface area contributed by atoms with Crippen molar-refractivity contribution < 1.29 is 4.74 Å². The van der Waals surface area contributed by atoms with Gasteiger partial charge in [-0.2, -0.15) is 0 Å². The monoisotopic (exact) mass is 313 g/mol. The number of nitrogens with one attached hydrogen (secondary N) is 3. The largest absolute Gasteiger partial charge is 0.398 e. The first-order valence-electron chi connectivity index (χ1n) is 7.41. The van der Waals surface area contributed by atoms with Gasteiger partial charge >= 0.3 is 0 Å². The lowest BCUT2D eigenvalue weighted by Gasteiger charge is -2.28. The van der Waals surface area contributed by atoms with Crippen LogP contribution in [-0.2, 0) is 4.74 Å². The zero-order valence-electron chi connectivity index (χ0n) is 12.6. The molecule has 0 unspecified atom stereocenters. The lowest BCUT2D eigenvalue weighted by Crippen LogP contribution is -2.36. The number of aromatic amines is 1. The van der Waals surface area contributed by atoms with Gasteiger partial charge in [0.05, 0.1) is 13.2 Å². The topological polar surface area (TPSA) is 107 Å². The van der Waals surface area contributed by atoms with Crippen LogP contribution in [0.5, 0.6) is 0 Å². The molecule has 0 amide bonds. The van der Waals surface area contributed by atoms with Crippen molar-refractivity contribution in [2.24, 2.45) is 0 Å². The van der Waals surface area contributed by atoms with Crippen LogP contribution in [0.4, 0.5) is 17.1 Å². The minimum atomic E-state index is -0.382. The Hall–Kier alpha value is -2.80. The van der Waals surface area contributed by atoms with Gasteiger partial charge in [0.2, 0.25) is 0 Å². The van der Waals surface area contributed by atoms with Gasteiger partial charge in [-0.3, -0.25) is 10.2 Å². The Morgan fingerprint density at radius 2 is 1.91 bits per heavy atom. The standard InChI is InChI=1S/C16H19N5O2/c17-13-5-6-19-16(22)14(13)15(18)20-11-1-3-12(4-2-11)21-7-9-23-10-8-21/h1-6H,7-10H2,(H2,18,20)(H3,17,19,22). The van der Waals surface area contributed by atoms with Crippen LogP contribution in [0.2, 0.25) is 0 Å². The van der Waals surface area contributed by atoms with Gasteiger partial charge < -0.3 is 25.7 Å². The third kappa shape index (κ3) is 3.35. The molecule has 7 nitrogen and oxygen atoms in total. The van der Waals surface area contributed by atoms with Crippen molar-refractivity contribution in [2.45, 2.75) is 0 Å². The first-order chi connectivity index (χ1) is 11.1. The average molecular weight is 313 g/mol. The Balaban J connectivity index is 1.73. The minimum Gasteiger partial charge on any atom is -0.398 e. The van der Waals surface area contributed by atoms with Gasteiger partial charge in [0.15, 0.2) is 0 Å². The number of aromatic nitrogens is 1. The summed E-state index contributed by atoms with van der Waals surface area (Å²) in [5, 5.41) is 11.0. The highest BCUT2D eigenvalue weighted by atomic mass is 16.5. The number of pyridine rings is 1. The number of hydrogen-bond donors (Lipinski definition) is 4. The highest BCUT2D eigenvalue weighted by Crippen LogP contribution is 2.19. The van der Waals surface area contributed by atoms with Crippen LogP contribution in [0.3, 0.4) is 0 Å². The molecule has 0 aliphatic carbocycles. The molecule has 0 bridgehead atoms. The van der Waals surface area contributed by atoms with Crippen molar-refractivity contribution in [1.82, 2.24) is 4.98 Å². The SMILES string of the molecule is N=C(Nc1ccc(N2CCOCC2)cc1)c1c(N)cc[nH]c1=O. The first-order valence-corrected chi connectivity index (χ1v) is 7.41. The van der Waals surface area contributed by atoms with Gasteiger partial charge in [-0.15, -0.1) is 0 Å². The smallest absolute Gasteiger partial charge is 0.261 e. The lowest BCUT2D eigenvalue weighted by molar-refractivity contribution is 0.122. The second-order valence-electron chi connectivity index (χ2n) is 5.28. The summed E-state index contributed by atoms with van der Waals surface area (Å²) < 4.78 is 5.34. The molecule has 0 radical (unpaired) electrons. The summed E-state index contributed by atoms with van der Waals surface area (Å²) in [7, 11) is 0. The molecule has 1 aromatic carbocycles. The van der Waals surface area contributed by atoms with Crippen molar-refractivity contribution >= 4 is 22.9 Å². The highest BCUT2D eigenvalue weighted by Gasteiger charge is 2.13. The summed E-state index contributed by atoms with van der Waals surface area (Å²) in [4.78, 5) is 16.6. The number of nitrogens with two attached hydrogens (primary N) is 1. The molecule has 7 heteroatoms. The van der Waals surface area contributed by atoms with E-state index in [-0.39, 0.29) is 22.6 Å². The van der Waals surface area contributed by atoms with Gasteiger partial charge in [0.25, 0.3) is 5.56 Å². The van der Waals surface area contributed by atoms with E-state index in [0.717, 1.165) is 37.7 Å². The number of morpholine rings is 1. The minimum absolute atomic E-state index is 0.0246. The van der Waals surface area contributed by atoms with E-state index in [2.05, 4.69) is 15.2 Å². The molecule has 1 aromatic heterocycles. The number of hydrogen-bond acceptors (Lipinski definition) is 5. The molecule has 1 fully saturated rings. The summed E-state index contributed by atoms with van der Waals surface area (Å²) in [5.41, 5.74) is 7.66. The van der Waals surface area contributed by atoms with E-state index in [1.807, 2.05) is 24.3 Å². The van der Waals surface area contributed by atoms with Crippen molar-refractivity contribution in [3.8, 4) is 0 Å². The second kappa shape index (κ2) is 6.53. The van der Waals surface area contributed by atoms with Crippen LogP contribution in [0.1, 0.15) is 5.56 Å². The van der Waals surface area contributed by atoms with Crippen LogP contribution in [-0.4, -0.2) is 37.1 Å². The van der Waals surface area contributed by atoms with E-state index in [4.69, 9.17) is 15.9 Å². The van der Waals surface area contributed by atoms with E-state index in [1.54, 1.807) is 6.07 Å². The fourth-order valence-electron chi connectivity index (χ4n) is 2.54. The second-order valence-corrected chi connectivity index (χ2v) is 5.28. The fourth-order valence-corrected chi connectivity index (χ4v) is 2.54.